The fourth-order valence-corrected chi connectivity index (χ4v) is 5.50. The van der Waals surface area contributed by atoms with Crippen LogP contribution in [0.1, 0.15) is 63.4 Å². The molecular weight excluding hydrogens is 592 g/mol. The molecule has 0 radical (unpaired) electrons. The van der Waals surface area contributed by atoms with E-state index >= 15 is 0 Å². The van der Waals surface area contributed by atoms with Gasteiger partial charge < -0.3 is 19.7 Å². The molecule has 46 heavy (non-hydrogen) atoms. The molecule has 13 heteroatoms. The van der Waals surface area contributed by atoms with E-state index in [-0.39, 0.29) is 30.8 Å². The van der Waals surface area contributed by atoms with Gasteiger partial charge in [-0.3, -0.25) is 30.1 Å². The SMILES string of the molecule is C/N=C(/NC1CCCN(C(=O)c2ccc([N+](=O)[O-])cc2)C1)C1=C(NC(=O)OCc2ccccc2)C(C)(C)N(C(=O)OC(C)(C)C)C1. The number of amidine groups is 1. The van der Waals surface area contributed by atoms with E-state index in [0.29, 0.717) is 35.8 Å². The molecule has 246 valence electrons. The molecule has 0 bridgehead atoms. The van der Waals surface area contributed by atoms with Gasteiger partial charge in [-0.2, -0.15) is 0 Å². The largest absolute Gasteiger partial charge is 0.444 e. The number of benzene rings is 2. The first-order chi connectivity index (χ1) is 21.7. The van der Waals surface area contributed by atoms with Crippen molar-refractivity contribution in [3.63, 3.8) is 0 Å². The second kappa shape index (κ2) is 14.0. The lowest BCUT2D eigenvalue weighted by atomic mass is 9.98. The van der Waals surface area contributed by atoms with Crippen molar-refractivity contribution in [1.29, 1.82) is 0 Å². The Kier molecular flexibility index (Phi) is 10.3. The molecular formula is C33H42N6O7. The van der Waals surface area contributed by atoms with Crippen molar-refractivity contribution in [2.75, 3.05) is 26.7 Å². The summed E-state index contributed by atoms with van der Waals surface area (Å²) >= 11 is 0. The number of piperidine rings is 1. The molecule has 1 atom stereocenters. The van der Waals surface area contributed by atoms with Crippen LogP contribution in [0.5, 0.6) is 0 Å². The molecule has 0 spiro atoms. The van der Waals surface area contributed by atoms with Crippen LogP contribution in [0.2, 0.25) is 0 Å². The van der Waals surface area contributed by atoms with Crippen LogP contribution in [0.4, 0.5) is 15.3 Å². The highest BCUT2D eigenvalue weighted by Crippen LogP contribution is 2.35. The number of carbonyl (C=O) groups excluding carboxylic acids is 3. The number of nitrogens with one attached hydrogen (secondary N) is 2. The van der Waals surface area contributed by atoms with Crippen molar-refractivity contribution in [1.82, 2.24) is 20.4 Å². The number of hydrogen-bond acceptors (Lipinski definition) is 8. The van der Waals surface area contributed by atoms with E-state index < -0.39 is 28.2 Å². The summed E-state index contributed by atoms with van der Waals surface area (Å²) < 4.78 is 11.2. The lowest BCUT2D eigenvalue weighted by molar-refractivity contribution is -0.384. The summed E-state index contributed by atoms with van der Waals surface area (Å²) in [5, 5.41) is 17.4. The zero-order chi connectivity index (χ0) is 33.6. The van der Waals surface area contributed by atoms with Crippen molar-refractivity contribution >= 4 is 29.6 Å². The van der Waals surface area contributed by atoms with Gasteiger partial charge in [0.25, 0.3) is 11.6 Å². The number of amides is 3. The van der Waals surface area contributed by atoms with Crippen molar-refractivity contribution in [2.24, 2.45) is 4.99 Å². The van der Waals surface area contributed by atoms with Crippen LogP contribution in [-0.2, 0) is 16.1 Å². The minimum Gasteiger partial charge on any atom is -0.444 e. The van der Waals surface area contributed by atoms with Crippen molar-refractivity contribution in [3.05, 3.63) is 87.1 Å². The molecule has 2 aliphatic rings. The molecule has 2 aliphatic heterocycles. The highest BCUT2D eigenvalue weighted by atomic mass is 16.6. The molecule has 2 N–H and O–H groups in total. The maximum absolute atomic E-state index is 13.4. The van der Waals surface area contributed by atoms with Gasteiger partial charge in [-0.25, -0.2) is 9.59 Å². The van der Waals surface area contributed by atoms with Crippen molar-refractivity contribution in [3.8, 4) is 0 Å². The summed E-state index contributed by atoms with van der Waals surface area (Å²) in [6.07, 6.45) is 0.247. The Hall–Kier alpha value is -4.94. The number of aliphatic imine (C=N–C) groups is 1. The lowest BCUT2D eigenvalue weighted by Crippen LogP contribution is -2.50. The van der Waals surface area contributed by atoms with E-state index in [0.717, 1.165) is 18.4 Å². The van der Waals surface area contributed by atoms with Crippen LogP contribution in [0.3, 0.4) is 0 Å². The number of non-ortho nitro benzene ring substituents is 1. The minimum atomic E-state index is -0.995. The molecule has 1 unspecified atom stereocenters. The van der Waals surface area contributed by atoms with Gasteiger partial charge in [-0.05, 0) is 65.2 Å². The van der Waals surface area contributed by atoms with Gasteiger partial charge in [0.1, 0.15) is 18.0 Å². The zero-order valence-corrected chi connectivity index (χ0v) is 27.2. The van der Waals surface area contributed by atoms with Gasteiger partial charge in [0.2, 0.25) is 0 Å². The lowest BCUT2D eigenvalue weighted by Gasteiger charge is -2.35. The fourth-order valence-electron chi connectivity index (χ4n) is 5.50. The van der Waals surface area contributed by atoms with Gasteiger partial charge in [-0.15, -0.1) is 0 Å². The van der Waals surface area contributed by atoms with Crippen molar-refractivity contribution < 1.29 is 28.8 Å². The van der Waals surface area contributed by atoms with Crippen molar-refractivity contribution in [2.45, 2.75) is 71.2 Å². The number of likely N-dealkylation sites (tertiary alicyclic amines) is 1. The Morgan fingerprint density at radius 1 is 1.09 bits per heavy atom. The third kappa shape index (κ3) is 8.20. The fraction of sp³-hybridized carbons (Fsp3) is 0.455. The third-order valence-electron chi connectivity index (χ3n) is 7.84. The molecule has 4 rings (SSSR count). The standard InChI is InChI=1S/C33H42N6O7/c1-32(2,3)46-31(42)38-20-26(27(33(38,4)5)36-30(41)45-21-22-11-8-7-9-12-22)28(34-6)35-24-13-10-18-37(19-24)29(40)23-14-16-25(17-15-23)39(43)44/h7-9,11-12,14-17,24H,10,13,18-21H2,1-6H3,(H,34,35)(H,36,41). The summed E-state index contributed by atoms with van der Waals surface area (Å²) in [5.74, 6) is 0.240. The first-order valence-corrected chi connectivity index (χ1v) is 15.2. The molecule has 0 aromatic heterocycles. The summed E-state index contributed by atoms with van der Waals surface area (Å²) in [7, 11) is 1.62. The molecule has 2 aromatic carbocycles. The predicted octanol–water partition coefficient (Wildman–Crippen LogP) is 5.03. The number of ether oxygens (including phenoxy) is 2. The van der Waals surface area contributed by atoms with Gasteiger partial charge in [-0.1, -0.05) is 30.3 Å². The number of nitrogens with zero attached hydrogens (tertiary/aromatic N) is 4. The number of hydrogen-bond donors (Lipinski definition) is 2. The second-order valence-corrected chi connectivity index (χ2v) is 12.8. The molecule has 1 saturated heterocycles. The number of nitro groups is 1. The Labute approximate surface area is 268 Å². The van der Waals surface area contributed by atoms with E-state index in [1.165, 1.54) is 24.3 Å². The van der Waals surface area contributed by atoms with Gasteiger partial charge in [0, 0.05) is 49.4 Å². The Morgan fingerprint density at radius 3 is 2.37 bits per heavy atom. The maximum atomic E-state index is 13.4. The highest BCUT2D eigenvalue weighted by Gasteiger charge is 2.46. The van der Waals surface area contributed by atoms with Crippen LogP contribution >= 0.6 is 0 Å². The van der Waals surface area contributed by atoms with Gasteiger partial charge in [0.15, 0.2) is 0 Å². The van der Waals surface area contributed by atoms with E-state index in [1.54, 1.807) is 37.6 Å². The monoisotopic (exact) mass is 634 g/mol. The van der Waals surface area contributed by atoms with Crippen LogP contribution in [-0.4, -0.2) is 82.5 Å². The van der Waals surface area contributed by atoms with Crippen LogP contribution in [0.25, 0.3) is 0 Å². The topological polar surface area (TPSA) is 156 Å². The Morgan fingerprint density at radius 2 is 1.76 bits per heavy atom. The highest BCUT2D eigenvalue weighted by molar-refractivity contribution is 6.02. The average Bonchev–Trinajstić information content (AvgIpc) is 3.27. The normalized spacial score (nSPS) is 18.2. The van der Waals surface area contributed by atoms with E-state index in [4.69, 9.17) is 9.47 Å². The maximum Gasteiger partial charge on any atom is 0.411 e. The van der Waals surface area contributed by atoms with E-state index in [9.17, 15) is 24.5 Å². The van der Waals surface area contributed by atoms with E-state index in [2.05, 4.69) is 15.6 Å². The first-order valence-electron chi connectivity index (χ1n) is 15.2. The quantitative estimate of drug-likeness (QED) is 0.186. The number of nitro benzene ring substituents is 1. The summed E-state index contributed by atoms with van der Waals surface area (Å²) in [6, 6.07) is 14.7. The molecule has 0 saturated carbocycles. The predicted molar refractivity (Wildman–Crippen MR) is 172 cm³/mol. The Bertz CT molecular complexity index is 1510. The first kappa shape index (κ1) is 33.9. The van der Waals surface area contributed by atoms with Crippen LogP contribution in [0, 0.1) is 10.1 Å². The summed E-state index contributed by atoms with van der Waals surface area (Å²) in [5.41, 5.74) is 0.415. The van der Waals surface area contributed by atoms with E-state index in [1.807, 2.05) is 44.2 Å². The summed E-state index contributed by atoms with van der Waals surface area (Å²) in [6.45, 7) is 10.1. The minimum absolute atomic E-state index is 0.0686. The second-order valence-electron chi connectivity index (χ2n) is 12.8. The van der Waals surface area contributed by atoms with Crippen LogP contribution < -0.4 is 10.6 Å². The number of alkyl carbamates (subject to hydrolysis) is 1. The molecule has 2 aromatic rings. The smallest absolute Gasteiger partial charge is 0.411 e. The zero-order valence-electron chi connectivity index (χ0n) is 27.2. The number of rotatable bonds is 7. The molecule has 13 nitrogen and oxygen atoms in total. The molecule has 1 fully saturated rings. The molecule has 3 amide bonds. The molecule has 0 aliphatic carbocycles. The Balaban J connectivity index is 1.55. The third-order valence-corrected chi connectivity index (χ3v) is 7.84. The van der Waals surface area contributed by atoms with Gasteiger partial charge in [0.05, 0.1) is 22.7 Å². The average molecular weight is 635 g/mol. The van der Waals surface area contributed by atoms with Gasteiger partial charge >= 0.3 is 12.2 Å². The number of carbonyl (C=O) groups is 3. The summed E-state index contributed by atoms with van der Waals surface area (Å²) in [4.78, 5) is 58.0. The van der Waals surface area contributed by atoms with Crippen LogP contribution in [0.15, 0.2) is 70.9 Å². The molecule has 2 heterocycles.